The fraction of sp³-hybridized carbons (Fsp3) is 0.714. The Kier molecular flexibility index (Phi) is 6.47. The molecule has 0 aliphatic rings. The number of nitrogens with zero attached hydrogens (tertiary/aromatic N) is 4. The maximum atomic E-state index is 4.69. The van der Waals surface area contributed by atoms with E-state index in [2.05, 4.69) is 42.5 Å². The minimum absolute atomic E-state index is 0.842. The summed E-state index contributed by atoms with van der Waals surface area (Å²) >= 11 is 0. The highest BCUT2D eigenvalue weighted by molar-refractivity contribution is 5.43. The van der Waals surface area contributed by atoms with Crippen molar-refractivity contribution >= 4 is 11.8 Å². The summed E-state index contributed by atoms with van der Waals surface area (Å²) in [4.78, 5) is 13.6. The molecule has 4 heteroatoms. The van der Waals surface area contributed by atoms with Gasteiger partial charge >= 0.3 is 0 Å². The molecule has 0 saturated heterocycles. The first-order chi connectivity index (χ1) is 8.76. The quantitative estimate of drug-likeness (QED) is 0.710. The van der Waals surface area contributed by atoms with E-state index in [0.717, 1.165) is 50.8 Å². The molecule has 0 unspecified atom stereocenters. The van der Waals surface area contributed by atoms with Crippen molar-refractivity contribution in [3.8, 4) is 0 Å². The van der Waals surface area contributed by atoms with Crippen LogP contribution < -0.4 is 9.80 Å². The standard InChI is InChI=1S/C14H26N4/c1-5-11-18(12-6-2)13-9-10-15-14(16-13)17(7-3)8-4/h9-10H,5-8,11-12H2,1-4H3. The minimum atomic E-state index is 0.842. The molecule has 1 aromatic heterocycles. The van der Waals surface area contributed by atoms with Crippen molar-refractivity contribution < 1.29 is 0 Å². The third kappa shape index (κ3) is 3.86. The van der Waals surface area contributed by atoms with Crippen molar-refractivity contribution in [2.45, 2.75) is 40.5 Å². The van der Waals surface area contributed by atoms with E-state index in [1.807, 2.05) is 12.3 Å². The molecule has 18 heavy (non-hydrogen) atoms. The van der Waals surface area contributed by atoms with Gasteiger partial charge in [0.15, 0.2) is 0 Å². The lowest BCUT2D eigenvalue weighted by molar-refractivity contribution is 0.727. The van der Waals surface area contributed by atoms with Crippen LogP contribution in [0.3, 0.4) is 0 Å². The lowest BCUT2D eigenvalue weighted by atomic mass is 10.3. The van der Waals surface area contributed by atoms with Gasteiger partial charge in [-0.3, -0.25) is 0 Å². The molecule has 0 aliphatic carbocycles. The van der Waals surface area contributed by atoms with Crippen molar-refractivity contribution in [2.75, 3.05) is 36.0 Å². The lowest BCUT2D eigenvalue weighted by Crippen LogP contribution is -2.28. The molecule has 0 aromatic carbocycles. The molecule has 0 fully saturated rings. The topological polar surface area (TPSA) is 32.3 Å². The number of rotatable bonds is 8. The number of hydrogen-bond acceptors (Lipinski definition) is 4. The minimum Gasteiger partial charge on any atom is -0.356 e. The predicted molar refractivity (Wildman–Crippen MR) is 78.4 cm³/mol. The van der Waals surface area contributed by atoms with Crippen molar-refractivity contribution in [3.63, 3.8) is 0 Å². The van der Waals surface area contributed by atoms with Gasteiger partial charge in [-0.25, -0.2) is 4.98 Å². The molecular formula is C14H26N4. The zero-order valence-electron chi connectivity index (χ0n) is 12.2. The second-order valence-electron chi connectivity index (χ2n) is 4.37. The van der Waals surface area contributed by atoms with Gasteiger partial charge in [0.05, 0.1) is 0 Å². The van der Waals surface area contributed by atoms with Crippen LogP contribution >= 0.6 is 0 Å². The van der Waals surface area contributed by atoms with Crippen LogP contribution in [0.15, 0.2) is 12.3 Å². The zero-order valence-corrected chi connectivity index (χ0v) is 12.2. The molecule has 0 amide bonds. The van der Waals surface area contributed by atoms with Crippen LogP contribution in [0.4, 0.5) is 11.8 Å². The van der Waals surface area contributed by atoms with E-state index < -0.39 is 0 Å². The number of hydrogen-bond donors (Lipinski definition) is 0. The van der Waals surface area contributed by atoms with Crippen molar-refractivity contribution in [2.24, 2.45) is 0 Å². The molecule has 102 valence electrons. The van der Waals surface area contributed by atoms with Gasteiger partial charge in [0, 0.05) is 32.4 Å². The Balaban J connectivity index is 2.90. The zero-order chi connectivity index (χ0) is 13.4. The molecular weight excluding hydrogens is 224 g/mol. The molecule has 0 N–H and O–H groups in total. The number of aromatic nitrogens is 2. The van der Waals surface area contributed by atoms with Gasteiger partial charge in [-0.15, -0.1) is 0 Å². The van der Waals surface area contributed by atoms with Gasteiger partial charge in [0.25, 0.3) is 0 Å². The Bertz CT molecular complexity index is 330. The lowest BCUT2D eigenvalue weighted by Gasteiger charge is -2.24. The predicted octanol–water partition coefficient (Wildman–Crippen LogP) is 2.95. The van der Waals surface area contributed by atoms with E-state index >= 15 is 0 Å². The SMILES string of the molecule is CCCN(CCC)c1ccnc(N(CC)CC)n1. The summed E-state index contributed by atoms with van der Waals surface area (Å²) in [5.41, 5.74) is 0. The second-order valence-corrected chi connectivity index (χ2v) is 4.37. The van der Waals surface area contributed by atoms with E-state index in [1.54, 1.807) is 0 Å². The maximum absolute atomic E-state index is 4.69. The average Bonchev–Trinajstić information content (AvgIpc) is 2.40. The van der Waals surface area contributed by atoms with Crippen LogP contribution in [0.2, 0.25) is 0 Å². The Morgan fingerprint density at radius 1 is 0.944 bits per heavy atom. The largest absolute Gasteiger partial charge is 0.356 e. The van der Waals surface area contributed by atoms with Gasteiger partial charge in [0.2, 0.25) is 5.95 Å². The number of anilines is 2. The van der Waals surface area contributed by atoms with Crippen LogP contribution in [-0.2, 0) is 0 Å². The normalized spacial score (nSPS) is 10.4. The smallest absolute Gasteiger partial charge is 0.227 e. The first-order valence-corrected chi connectivity index (χ1v) is 7.09. The summed E-state index contributed by atoms with van der Waals surface area (Å²) in [6, 6.07) is 2.01. The van der Waals surface area contributed by atoms with E-state index in [4.69, 9.17) is 4.98 Å². The average molecular weight is 250 g/mol. The molecule has 0 saturated carbocycles. The Labute approximate surface area is 111 Å². The van der Waals surface area contributed by atoms with Gasteiger partial charge in [-0.2, -0.15) is 4.98 Å². The molecule has 1 heterocycles. The van der Waals surface area contributed by atoms with Gasteiger partial charge in [-0.05, 0) is 32.8 Å². The molecule has 1 rings (SSSR count). The first-order valence-electron chi connectivity index (χ1n) is 7.09. The third-order valence-electron chi connectivity index (χ3n) is 2.99. The second kappa shape index (κ2) is 7.90. The van der Waals surface area contributed by atoms with E-state index in [-0.39, 0.29) is 0 Å². The Morgan fingerprint density at radius 3 is 2.06 bits per heavy atom. The maximum Gasteiger partial charge on any atom is 0.227 e. The van der Waals surface area contributed by atoms with Crippen molar-refractivity contribution in [1.29, 1.82) is 0 Å². The van der Waals surface area contributed by atoms with E-state index in [9.17, 15) is 0 Å². The Hall–Kier alpha value is -1.32. The Morgan fingerprint density at radius 2 is 1.56 bits per heavy atom. The monoisotopic (exact) mass is 250 g/mol. The molecule has 0 spiro atoms. The summed E-state index contributed by atoms with van der Waals surface area (Å²) in [7, 11) is 0. The van der Waals surface area contributed by atoms with Crippen molar-refractivity contribution in [3.05, 3.63) is 12.3 Å². The van der Waals surface area contributed by atoms with Crippen LogP contribution in [0.5, 0.6) is 0 Å². The van der Waals surface area contributed by atoms with Gasteiger partial charge < -0.3 is 9.80 Å². The molecule has 0 aliphatic heterocycles. The van der Waals surface area contributed by atoms with E-state index in [0.29, 0.717) is 0 Å². The fourth-order valence-electron chi connectivity index (χ4n) is 2.05. The molecule has 4 nitrogen and oxygen atoms in total. The van der Waals surface area contributed by atoms with Crippen molar-refractivity contribution in [1.82, 2.24) is 9.97 Å². The van der Waals surface area contributed by atoms with Crippen LogP contribution in [-0.4, -0.2) is 36.1 Å². The van der Waals surface area contributed by atoms with Crippen LogP contribution in [0.1, 0.15) is 40.5 Å². The molecule has 0 bridgehead atoms. The molecule has 1 aromatic rings. The third-order valence-corrected chi connectivity index (χ3v) is 2.99. The van der Waals surface area contributed by atoms with E-state index in [1.165, 1.54) is 0 Å². The summed E-state index contributed by atoms with van der Waals surface area (Å²) in [6.07, 6.45) is 4.16. The van der Waals surface area contributed by atoms with Gasteiger partial charge in [0.1, 0.15) is 5.82 Å². The van der Waals surface area contributed by atoms with Gasteiger partial charge in [-0.1, -0.05) is 13.8 Å². The first kappa shape index (κ1) is 14.7. The highest BCUT2D eigenvalue weighted by Crippen LogP contribution is 2.15. The summed E-state index contributed by atoms with van der Waals surface area (Å²) in [5.74, 6) is 1.89. The summed E-state index contributed by atoms with van der Waals surface area (Å²) < 4.78 is 0. The molecule has 0 atom stereocenters. The summed E-state index contributed by atoms with van der Waals surface area (Å²) in [6.45, 7) is 12.7. The fourth-order valence-corrected chi connectivity index (χ4v) is 2.05. The van der Waals surface area contributed by atoms with Crippen LogP contribution in [0.25, 0.3) is 0 Å². The molecule has 0 radical (unpaired) electrons. The highest BCUT2D eigenvalue weighted by Gasteiger charge is 2.10. The summed E-state index contributed by atoms with van der Waals surface area (Å²) in [5, 5.41) is 0. The van der Waals surface area contributed by atoms with Crippen LogP contribution in [0, 0.1) is 0 Å². The highest BCUT2D eigenvalue weighted by atomic mass is 15.3.